The van der Waals surface area contributed by atoms with Gasteiger partial charge >= 0.3 is 0 Å². The van der Waals surface area contributed by atoms with Crippen LogP contribution in [0.25, 0.3) is 0 Å². The molecule has 1 aromatic rings. The molecule has 0 amide bonds. The Morgan fingerprint density at radius 3 is 3.12 bits per heavy atom. The first-order valence-electron chi connectivity index (χ1n) is 6.62. The van der Waals surface area contributed by atoms with Gasteiger partial charge in [-0.05, 0) is 37.1 Å². The van der Waals surface area contributed by atoms with Crippen LogP contribution in [-0.4, -0.2) is 33.4 Å². The summed E-state index contributed by atoms with van der Waals surface area (Å²) in [5.41, 5.74) is 1.33. The lowest BCUT2D eigenvalue weighted by Gasteiger charge is -2.19. The van der Waals surface area contributed by atoms with Crippen molar-refractivity contribution in [3.63, 3.8) is 0 Å². The zero-order valence-electron chi connectivity index (χ0n) is 10.9. The van der Waals surface area contributed by atoms with E-state index in [2.05, 4.69) is 35.3 Å². The van der Waals surface area contributed by atoms with E-state index in [4.69, 9.17) is 0 Å². The normalized spacial score (nSPS) is 24.4. The fourth-order valence-corrected chi connectivity index (χ4v) is 3.80. The smallest absolute Gasteiger partial charge is 0.0522 e. The average molecular weight is 253 g/mol. The molecule has 1 heterocycles. The van der Waals surface area contributed by atoms with Gasteiger partial charge in [0.2, 0.25) is 0 Å². The van der Waals surface area contributed by atoms with Gasteiger partial charge < -0.3 is 5.32 Å². The summed E-state index contributed by atoms with van der Waals surface area (Å²) in [6, 6.07) is 0.733. The molecule has 1 N–H and O–H groups in total. The van der Waals surface area contributed by atoms with Crippen molar-refractivity contribution >= 4 is 11.8 Å². The van der Waals surface area contributed by atoms with Gasteiger partial charge in [-0.3, -0.25) is 4.68 Å². The van der Waals surface area contributed by atoms with E-state index in [0.717, 1.165) is 24.3 Å². The molecule has 1 saturated carbocycles. The standard InChI is InChI=1S/C13H23N3S/c1-3-17-13-6-4-5-12(13)14-8-7-11-9-15-16(2)10-11/h9-10,12-14H,3-8H2,1-2H3. The number of thioether (sulfide) groups is 1. The number of rotatable bonds is 6. The molecular formula is C13H23N3S. The molecule has 0 bridgehead atoms. The van der Waals surface area contributed by atoms with E-state index in [1.807, 2.05) is 17.9 Å². The van der Waals surface area contributed by atoms with Gasteiger partial charge in [0.15, 0.2) is 0 Å². The number of aryl methyl sites for hydroxylation is 1. The number of nitrogens with zero attached hydrogens (tertiary/aromatic N) is 2. The van der Waals surface area contributed by atoms with Crippen molar-refractivity contribution in [3.8, 4) is 0 Å². The third-order valence-electron chi connectivity index (χ3n) is 3.41. The zero-order chi connectivity index (χ0) is 12.1. The minimum atomic E-state index is 0.733. The Morgan fingerprint density at radius 1 is 1.53 bits per heavy atom. The molecule has 2 unspecified atom stereocenters. The van der Waals surface area contributed by atoms with Crippen LogP contribution in [0.3, 0.4) is 0 Å². The van der Waals surface area contributed by atoms with E-state index >= 15 is 0 Å². The third kappa shape index (κ3) is 3.75. The van der Waals surface area contributed by atoms with E-state index in [9.17, 15) is 0 Å². The summed E-state index contributed by atoms with van der Waals surface area (Å²) >= 11 is 2.12. The van der Waals surface area contributed by atoms with Gasteiger partial charge in [-0.25, -0.2) is 0 Å². The van der Waals surface area contributed by atoms with Crippen LogP contribution in [-0.2, 0) is 13.5 Å². The predicted octanol–water partition coefficient (Wildman–Crippen LogP) is 2.23. The second-order valence-electron chi connectivity index (χ2n) is 4.76. The van der Waals surface area contributed by atoms with Crippen molar-refractivity contribution in [1.29, 1.82) is 0 Å². The molecule has 17 heavy (non-hydrogen) atoms. The number of hydrogen-bond donors (Lipinski definition) is 1. The molecule has 96 valence electrons. The Hall–Kier alpha value is -0.480. The number of nitrogens with one attached hydrogen (secondary N) is 1. The van der Waals surface area contributed by atoms with E-state index in [1.54, 1.807) is 0 Å². The van der Waals surface area contributed by atoms with Crippen LogP contribution in [0.5, 0.6) is 0 Å². The lowest BCUT2D eigenvalue weighted by Crippen LogP contribution is -2.35. The topological polar surface area (TPSA) is 29.9 Å². The van der Waals surface area contributed by atoms with Gasteiger partial charge in [0.05, 0.1) is 6.20 Å². The minimum Gasteiger partial charge on any atom is -0.313 e. The highest BCUT2D eigenvalue weighted by Crippen LogP contribution is 2.29. The maximum atomic E-state index is 4.20. The summed E-state index contributed by atoms with van der Waals surface area (Å²) < 4.78 is 1.88. The van der Waals surface area contributed by atoms with Crippen LogP contribution >= 0.6 is 11.8 Å². The van der Waals surface area contributed by atoms with E-state index in [0.29, 0.717) is 0 Å². The molecular weight excluding hydrogens is 230 g/mol. The highest BCUT2D eigenvalue weighted by atomic mass is 32.2. The molecule has 3 nitrogen and oxygen atoms in total. The summed E-state index contributed by atoms with van der Waals surface area (Å²) in [4.78, 5) is 0. The van der Waals surface area contributed by atoms with Gasteiger partial charge in [0, 0.05) is 24.5 Å². The van der Waals surface area contributed by atoms with Gasteiger partial charge in [-0.2, -0.15) is 16.9 Å². The van der Waals surface area contributed by atoms with Gasteiger partial charge in [-0.1, -0.05) is 13.3 Å². The lowest BCUT2D eigenvalue weighted by atomic mass is 10.2. The Bertz CT molecular complexity index is 337. The highest BCUT2D eigenvalue weighted by Gasteiger charge is 2.26. The Labute approximate surface area is 108 Å². The van der Waals surface area contributed by atoms with Crippen LogP contribution < -0.4 is 5.32 Å². The summed E-state index contributed by atoms with van der Waals surface area (Å²) in [5.74, 6) is 1.24. The van der Waals surface area contributed by atoms with Crippen molar-refractivity contribution in [2.24, 2.45) is 7.05 Å². The first-order valence-corrected chi connectivity index (χ1v) is 7.67. The van der Waals surface area contributed by atoms with Gasteiger partial charge in [0.25, 0.3) is 0 Å². The highest BCUT2D eigenvalue weighted by molar-refractivity contribution is 7.99. The van der Waals surface area contributed by atoms with E-state index in [-0.39, 0.29) is 0 Å². The Morgan fingerprint density at radius 2 is 2.41 bits per heavy atom. The molecule has 0 aromatic carbocycles. The molecule has 0 aliphatic heterocycles. The van der Waals surface area contributed by atoms with E-state index < -0.39 is 0 Å². The third-order valence-corrected chi connectivity index (χ3v) is 4.74. The maximum Gasteiger partial charge on any atom is 0.0522 e. The second-order valence-corrected chi connectivity index (χ2v) is 6.27. The molecule has 0 spiro atoms. The van der Waals surface area contributed by atoms with Crippen molar-refractivity contribution in [2.45, 2.75) is 43.9 Å². The minimum absolute atomic E-state index is 0.733. The van der Waals surface area contributed by atoms with Gasteiger partial charge in [-0.15, -0.1) is 0 Å². The molecule has 1 aromatic heterocycles. The molecule has 1 aliphatic rings. The average Bonchev–Trinajstić information content (AvgIpc) is 2.90. The van der Waals surface area contributed by atoms with Crippen LogP contribution in [0.4, 0.5) is 0 Å². The zero-order valence-corrected chi connectivity index (χ0v) is 11.7. The summed E-state index contributed by atoms with van der Waals surface area (Å²) in [5, 5.41) is 8.75. The SMILES string of the molecule is CCSC1CCCC1NCCc1cnn(C)c1. The largest absolute Gasteiger partial charge is 0.313 e. The van der Waals surface area contributed by atoms with Crippen LogP contribution in [0.2, 0.25) is 0 Å². The van der Waals surface area contributed by atoms with Crippen molar-refractivity contribution in [3.05, 3.63) is 18.0 Å². The fraction of sp³-hybridized carbons (Fsp3) is 0.769. The summed E-state index contributed by atoms with van der Waals surface area (Å²) in [6.07, 6.45) is 9.30. The van der Waals surface area contributed by atoms with Gasteiger partial charge in [0.1, 0.15) is 0 Å². The lowest BCUT2D eigenvalue weighted by molar-refractivity contribution is 0.535. The quantitative estimate of drug-likeness (QED) is 0.843. The molecule has 1 fully saturated rings. The van der Waals surface area contributed by atoms with Crippen LogP contribution in [0.15, 0.2) is 12.4 Å². The second kappa shape index (κ2) is 6.45. The van der Waals surface area contributed by atoms with Crippen molar-refractivity contribution in [2.75, 3.05) is 12.3 Å². The molecule has 0 saturated heterocycles. The Balaban J connectivity index is 1.70. The number of aromatic nitrogens is 2. The van der Waals surface area contributed by atoms with Crippen LogP contribution in [0, 0.1) is 0 Å². The van der Waals surface area contributed by atoms with Crippen molar-refractivity contribution < 1.29 is 0 Å². The molecule has 0 radical (unpaired) electrons. The van der Waals surface area contributed by atoms with Crippen LogP contribution in [0.1, 0.15) is 31.7 Å². The maximum absolute atomic E-state index is 4.20. The molecule has 1 aliphatic carbocycles. The molecule has 2 rings (SSSR count). The summed E-state index contributed by atoms with van der Waals surface area (Å²) in [7, 11) is 1.97. The van der Waals surface area contributed by atoms with Crippen molar-refractivity contribution in [1.82, 2.24) is 15.1 Å². The molecule has 2 atom stereocenters. The monoisotopic (exact) mass is 253 g/mol. The predicted molar refractivity (Wildman–Crippen MR) is 74.5 cm³/mol. The fourth-order valence-electron chi connectivity index (χ4n) is 2.58. The molecule has 4 heteroatoms. The first kappa shape index (κ1) is 13.0. The Kier molecular flexibility index (Phi) is 4.92. The summed E-state index contributed by atoms with van der Waals surface area (Å²) in [6.45, 7) is 3.34. The first-order chi connectivity index (χ1) is 8.29. The number of hydrogen-bond acceptors (Lipinski definition) is 3. The van der Waals surface area contributed by atoms with E-state index in [1.165, 1.54) is 30.6 Å².